The number of imide groups is 1. The number of benzene rings is 3. The number of rotatable bonds is 4. The number of fused-ring (bicyclic) bond motifs is 1. The third kappa shape index (κ3) is 2.84. The van der Waals surface area contributed by atoms with E-state index in [0.29, 0.717) is 29.2 Å². The molecule has 0 fully saturated rings. The van der Waals surface area contributed by atoms with Crippen LogP contribution in [0.4, 0.5) is 10.1 Å². The molecule has 0 atom stereocenters. The van der Waals surface area contributed by atoms with Crippen molar-refractivity contribution in [1.82, 2.24) is 0 Å². The van der Waals surface area contributed by atoms with Gasteiger partial charge in [-0.1, -0.05) is 24.3 Å². The fraction of sp³-hybridized carbons (Fsp3) is 0.0476. The van der Waals surface area contributed by atoms with E-state index in [2.05, 4.69) is 0 Å². The summed E-state index contributed by atoms with van der Waals surface area (Å²) in [4.78, 5) is 26.1. The summed E-state index contributed by atoms with van der Waals surface area (Å²) in [6.07, 6.45) is 0. The Hall–Kier alpha value is -3.47. The summed E-state index contributed by atoms with van der Waals surface area (Å²) < 4.78 is 18.6. The first-order chi connectivity index (χ1) is 12.6. The Morgan fingerprint density at radius 2 is 1.35 bits per heavy atom. The third-order valence-corrected chi connectivity index (χ3v) is 4.21. The Morgan fingerprint density at radius 1 is 0.769 bits per heavy atom. The lowest BCUT2D eigenvalue weighted by molar-refractivity contribution is 0.0926. The van der Waals surface area contributed by atoms with Crippen molar-refractivity contribution in [1.29, 1.82) is 0 Å². The molecule has 5 heteroatoms. The van der Waals surface area contributed by atoms with Gasteiger partial charge in [-0.3, -0.25) is 9.59 Å². The van der Waals surface area contributed by atoms with Gasteiger partial charge in [0.2, 0.25) is 0 Å². The summed E-state index contributed by atoms with van der Waals surface area (Å²) in [7, 11) is 0. The second-order valence-electron chi connectivity index (χ2n) is 5.90. The van der Waals surface area contributed by atoms with Crippen LogP contribution in [0.15, 0.2) is 72.8 Å². The molecule has 2 amide bonds. The zero-order valence-corrected chi connectivity index (χ0v) is 13.7. The summed E-state index contributed by atoms with van der Waals surface area (Å²) in [5.74, 6) is -0.357. The van der Waals surface area contributed by atoms with Crippen LogP contribution >= 0.6 is 0 Å². The highest BCUT2D eigenvalue weighted by atomic mass is 19.1. The van der Waals surface area contributed by atoms with Gasteiger partial charge >= 0.3 is 0 Å². The van der Waals surface area contributed by atoms with Crippen molar-refractivity contribution in [3.63, 3.8) is 0 Å². The predicted molar refractivity (Wildman–Crippen MR) is 94.8 cm³/mol. The lowest BCUT2D eigenvalue weighted by Gasteiger charge is -2.14. The number of nitrogens with zero attached hydrogens (tertiary/aromatic N) is 1. The van der Waals surface area contributed by atoms with Gasteiger partial charge in [0, 0.05) is 0 Å². The zero-order valence-electron chi connectivity index (χ0n) is 13.7. The minimum atomic E-state index is -0.328. The number of hydrogen-bond acceptors (Lipinski definition) is 3. The van der Waals surface area contributed by atoms with Crippen molar-refractivity contribution in [2.45, 2.75) is 6.61 Å². The lowest BCUT2D eigenvalue weighted by atomic mass is 10.1. The number of anilines is 1. The highest BCUT2D eigenvalue weighted by molar-refractivity contribution is 6.34. The molecule has 26 heavy (non-hydrogen) atoms. The van der Waals surface area contributed by atoms with E-state index in [1.165, 1.54) is 12.1 Å². The quantitative estimate of drug-likeness (QED) is 0.665. The lowest BCUT2D eigenvalue weighted by Crippen LogP contribution is -2.29. The number of carbonyl (C=O) groups is 2. The van der Waals surface area contributed by atoms with Gasteiger partial charge < -0.3 is 4.74 Å². The SMILES string of the molecule is O=C1c2ccccc2C(=O)N1c1ccc(OCc2ccc(F)cc2)cc1. The summed E-state index contributed by atoms with van der Waals surface area (Å²) >= 11 is 0. The molecule has 0 unspecified atom stereocenters. The van der Waals surface area contributed by atoms with Gasteiger partial charge in [0.15, 0.2) is 0 Å². The maximum Gasteiger partial charge on any atom is 0.266 e. The van der Waals surface area contributed by atoms with E-state index < -0.39 is 0 Å². The molecule has 128 valence electrons. The smallest absolute Gasteiger partial charge is 0.266 e. The van der Waals surface area contributed by atoms with Gasteiger partial charge in [-0.2, -0.15) is 0 Å². The Morgan fingerprint density at radius 3 is 1.92 bits per heavy atom. The second kappa shape index (κ2) is 6.44. The van der Waals surface area contributed by atoms with E-state index in [1.54, 1.807) is 60.7 Å². The number of ether oxygens (including phenoxy) is 1. The van der Waals surface area contributed by atoms with E-state index in [4.69, 9.17) is 4.74 Å². The predicted octanol–water partition coefficient (Wildman–Crippen LogP) is 4.21. The van der Waals surface area contributed by atoms with Crippen LogP contribution in [0, 0.1) is 5.82 Å². The van der Waals surface area contributed by atoms with Crippen molar-refractivity contribution in [3.8, 4) is 5.75 Å². The minimum Gasteiger partial charge on any atom is -0.489 e. The van der Waals surface area contributed by atoms with Crippen molar-refractivity contribution >= 4 is 17.5 Å². The van der Waals surface area contributed by atoms with Crippen LogP contribution in [0.1, 0.15) is 26.3 Å². The molecular formula is C21H14FNO3. The topological polar surface area (TPSA) is 46.6 Å². The molecule has 0 aliphatic carbocycles. The standard InChI is InChI=1S/C21H14FNO3/c22-15-7-5-14(6-8-15)13-26-17-11-9-16(10-12-17)23-20(24)18-3-1-2-4-19(18)21(23)25/h1-12H,13H2. The van der Waals surface area contributed by atoms with Gasteiger partial charge in [-0.15, -0.1) is 0 Å². The number of carbonyl (C=O) groups excluding carboxylic acids is 2. The fourth-order valence-electron chi connectivity index (χ4n) is 2.86. The van der Waals surface area contributed by atoms with Gasteiger partial charge in [-0.25, -0.2) is 9.29 Å². The van der Waals surface area contributed by atoms with E-state index in [1.807, 2.05) is 0 Å². The Bertz CT molecular complexity index is 946. The zero-order chi connectivity index (χ0) is 18.1. The number of amides is 2. The fourth-order valence-corrected chi connectivity index (χ4v) is 2.86. The first-order valence-corrected chi connectivity index (χ1v) is 8.08. The molecule has 0 bridgehead atoms. The minimum absolute atomic E-state index is 0.293. The molecule has 1 aliphatic rings. The van der Waals surface area contributed by atoms with E-state index >= 15 is 0 Å². The van der Waals surface area contributed by atoms with Gasteiger partial charge in [0.25, 0.3) is 11.8 Å². The molecule has 1 heterocycles. The molecule has 0 saturated heterocycles. The molecule has 4 nitrogen and oxygen atoms in total. The van der Waals surface area contributed by atoms with Crippen molar-refractivity contribution in [3.05, 3.63) is 95.3 Å². The Kier molecular flexibility index (Phi) is 3.97. The largest absolute Gasteiger partial charge is 0.489 e. The maximum absolute atomic E-state index is 12.9. The molecule has 0 N–H and O–H groups in total. The highest BCUT2D eigenvalue weighted by Gasteiger charge is 2.36. The molecule has 1 aliphatic heterocycles. The molecule has 0 radical (unpaired) electrons. The third-order valence-electron chi connectivity index (χ3n) is 4.21. The number of halogens is 1. The summed E-state index contributed by atoms with van der Waals surface area (Å²) in [5.41, 5.74) is 2.16. The van der Waals surface area contributed by atoms with E-state index in [9.17, 15) is 14.0 Å². The van der Waals surface area contributed by atoms with E-state index in [-0.39, 0.29) is 17.6 Å². The number of hydrogen-bond donors (Lipinski definition) is 0. The normalized spacial score (nSPS) is 13.0. The van der Waals surface area contributed by atoms with Crippen LogP contribution in [0.25, 0.3) is 0 Å². The van der Waals surface area contributed by atoms with Gasteiger partial charge in [0.1, 0.15) is 18.2 Å². The molecule has 0 spiro atoms. The van der Waals surface area contributed by atoms with Crippen LogP contribution < -0.4 is 9.64 Å². The molecule has 0 saturated carbocycles. The van der Waals surface area contributed by atoms with Crippen molar-refractivity contribution < 1.29 is 18.7 Å². The summed E-state index contributed by atoms with van der Waals surface area (Å²) in [5, 5.41) is 0. The molecule has 4 rings (SSSR count). The van der Waals surface area contributed by atoms with Gasteiger partial charge in [-0.05, 0) is 54.1 Å². The van der Waals surface area contributed by atoms with Crippen LogP contribution in [-0.4, -0.2) is 11.8 Å². The summed E-state index contributed by atoms with van der Waals surface area (Å²) in [6, 6.07) is 19.6. The maximum atomic E-state index is 12.9. The average molecular weight is 347 g/mol. The molecular weight excluding hydrogens is 333 g/mol. The average Bonchev–Trinajstić information content (AvgIpc) is 2.93. The summed E-state index contributed by atoms with van der Waals surface area (Å²) in [6.45, 7) is 0.298. The van der Waals surface area contributed by atoms with Crippen LogP contribution in [0.3, 0.4) is 0 Å². The highest BCUT2D eigenvalue weighted by Crippen LogP contribution is 2.29. The molecule has 3 aromatic carbocycles. The second-order valence-corrected chi connectivity index (χ2v) is 5.90. The van der Waals surface area contributed by atoms with Crippen molar-refractivity contribution in [2.24, 2.45) is 0 Å². The Balaban J connectivity index is 1.49. The van der Waals surface area contributed by atoms with Crippen molar-refractivity contribution in [2.75, 3.05) is 4.90 Å². The van der Waals surface area contributed by atoms with Gasteiger partial charge in [0.05, 0.1) is 16.8 Å². The molecule has 3 aromatic rings. The monoisotopic (exact) mass is 347 g/mol. The van der Waals surface area contributed by atoms with E-state index in [0.717, 1.165) is 10.5 Å². The molecule has 0 aromatic heterocycles. The van der Waals surface area contributed by atoms with Crippen LogP contribution in [0.5, 0.6) is 5.75 Å². The Labute approximate surface area is 149 Å². The van der Waals surface area contributed by atoms with Crippen LogP contribution in [0.2, 0.25) is 0 Å². The first-order valence-electron chi connectivity index (χ1n) is 8.08. The van der Waals surface area contributed by atoms with Crippen LogP contribution in [-0.2, 0) is 6.61 Å². The first kappa shape index (κ1) is 16.0.